The van der Waals surface area contributed by atoms with Gasteiger partial charge in [-0.15, -0.1) is 0 Å². The van der Waals surface area contributed by atoms with E-state index in [0.29, 0.717) is 12.3 Å². The maximum Gasteiger partial charge on any atom is 0.222 e. The first kappa shape index (κ1) is 16.7. The van der Waals surface area contributed by atoms with Gasteiger partial charge in [0.25, 0.3) is 0 Å². The molecule has 126 valence electrons. The molecule has 1 fully saturated rings. The number of hydrogen-bond acceptors (Lipinski definition) is 1. The van der Waals surface area contributed by atoms with Crippen molar-refractivity contribution in [2.75, 3.05) is 13.1 Å². The largest absolute Gasteiger partial charge is 0.343 e. The number of rotatable bonds is 5. The fourth-order valence-corrected chi connectivity index (χ4v) is 3.44. The minimum Gasteiger partial charge on any atom is -0.343 e. The first-order chi connectivity index (χ1) is 11.7. The number of likely N-dealkylation sites (tertiary alicyclic amines) is 1. The van der Waals surface area contributed by atoms with Gasteiger partial charge in [0.05, 0.1) is 0 Å². The van der Waals surface area contributed by atoms with E-state index < -0.39 is 0 Å². The van der Waals surface area contributed by atoms with Crippen LogP contribution in [0.3, 0.4) is 0 Å². The summed E-state index contributed by atoms with van der Waals surface area (Å²) < 4.78 is 12.9. The van der Waals surface area contributed by atoms with Crippen LogP contribution in [-0.2, 0) is 11.2 Å². The molecule has 0 bridgehead atoms. The standard InChI is InChI=1S/C21H24FNO/c22-20-11-9-17(10-12-20)5-4-8-21(24)23-15-13-19(14-16-23)18-6-2-1-3-7-18/h1-3,6-7,9-12,19H,4-5,8,13-16H2. The fraction of sp³-hybridized carbons (Fsp3) is 0.381. The Morgan fingerprint density at radius 2 is 1.67 bits per heavy atom. The van der Waals surface area contributed by atoms with Gasteiger partial charge >= 0.3 is 0 Å². The Morgan fingerprint density at radius 3 is 2.33 bits per heavy atom. The number of halogens is 1. The molecule has 2 aromatic carbocycles. The van der Waals surface area contributed by atoms with E-state index in [1.54, 1.807) is 12.1 Å². The summed E-state index contributed by atoms with van der Waals surface area (Å²) in [4.78, 5) is 14.4. The first-order valence-electron chi connectivity index (χ1n) is 8.79. The summed E-state index contributed by atoms with van der Waals surface area (Å²) in [6, 6.07) is 17.1. The SMILES string of the molecule is O=C(CCCc1ccc(F)cc1)N1CCC(c2ccccc2)CC1. The summed E-state index contributed by atoms with van der Waals surface area (Å²) in [6.45, 7) is 1.71. The molecule has 0 saturated carbocycles. The zero-order valence-electron chi connectivity index (χ0n) is 14.0. The van der Waals surface area contributed by atoms with Gasteiger partial charge in [-0.1, -0.05) is 42.5 Å². The second-order valence-corrected chi connectivity index (χ2v) is 6.55. The van der Waals surface area contributed by atoms with Crippen LogP contribution in [0.25, 0.3) is 0 Å². The molecule has 0 N–H and O–H groups in total. The molecule has 0 aliphatic carbocycles. The molecule has 3 heteroatoms. The second-order valence-electron chi connectivity index (χ2n) is 6.55. The van der Waals surface area contributed by atoms with E-state index >= 15 is 0 Å². The summed E-state index contributed by atoms with van der Waals surface area (Å²) in [5, 5.41) is 0. The van der Waals surface area contributed by atoms with Crippen molar-refractivity contribution >= 4 is 5.91 Å². The Balaban J connectivity index is 1.41. The smallest absolute Gasteiger partial charge is 0.222 e. The zero-order chi connectivity index (χ0) is 16.8. The fourth-order valence-electron chi connectivity index (χ4n) is 3.44. The van der Waals surface area contributed by atoms with E-state index in [2.05, 4.69) is 24.3 Å². The highest BCUT2D eigenvalue weighted by Gasteiger charge is 2.23. The number of carbonyl (C=O) groups excluding carboxylic acids is 1. The lowest BCUT2D eigenvalue weighted by molar-refractivity contribution is -0.132. The highest BCUT2D eigenvalue weighted by molar-refractivity contribution is 5.76. The van der Waals surface area contributed by atoms with E-state index in [4.69, 9.17) is 0 Å². The molecule has 3 rings (SSSR count). The summed E-state index contributed by atoms with van der Waals surface area (Å²) in [6.07, 6.45) is 4.32. The van der Waals surface area contributed by atoms with Crippen LogP contribution in [0.2, 0.25) is 0 Å². The summed E-state index contributed by atoms with van der Waals surface area (Å²) in [7, 11) is 0. The molecule has 0 aromatic heterocycles. The van der Waals surface area contributed by atoms with Crippen LogP contribution >= 0.6 is 0 Å². The number of piperidine rings is 1. The summed E-state index contributed by atoms with van der Waals surface area (Å²) in [5.41, 5.74) is 2.48. The normalized spacial score (nSPS) is 15.5. The second kappa shape index (κ2) is 8.09. The minimum absolute atomic E-state index is 0.212. The molecule has 0 radical (unpaired) electrons. The van der Waals surface area contributed by atoms with Gasteiger partial charge in [-0.25, -0.2) is 4.39 Å². The van der Waals surface area contributed by atoms with Crippen LogP contribution in [0.15, 0.2) is 54.6 Å². The molecule has 0 spiro atoms. The van der Waals surface area contributed by atoms with Crippen molar-refractivity contribution in [2.45, 2.75) is 38.0 Å². The van der Waals surface area contributed by atoms with Crippen molar-refractivity contribution in [1.29, 1.82) is 0 Å². The highest BCUT2D eigenvalue weighted by Crippen LogP contribution is 2.28. The quantitative estimate of drug-likeness (QED) is 0.789. The average molecular weight is 325 g/mol. The van der Waals surface area contributed by atoms with Gasteiger partial charge in [-0.2, -0.15) is 0 Å². The molecular formula is C21H24FNO. The lowest BCUT2D eigenvalue weighted by atomic mass is 9.89. The Kier molecular flexibility index (Phi) is 5.63. The van der Waals surface area contributed by atoms with Gasteiger partial charge in [0.1, 0.15) is 5.82 Å². The number of nitrogens with zero attached hydrogens (tertiary/aromatic N) is 1. The van der Waals surface area contributed by atoms with Crippen molar-refractivity contribution < 1.29 is 9.18 Å². The highest BCUT2D eigenvalue weighted by atomic mass is 19.1. The number of aryl methyl sites for hydroxylation is 1. The van der Waals surface area contributed by atoms with Gasteiger partial charge in [-0.05, 0) is 54.9 Å². The van der Waals surface area contributed by atoms with Crippen molar-refractivity contribution in [1.82, 2.24) is 4.90 Å². The molecule has 1 aliphatic rings. The van der Waals surface area contributed by atoms with Gasteiger partial charge in [0.2, 0.25) is 5.91 Å². The predicted octanol–water partition coefficient (Wildman–Crippen LogP) is 4.55. The third-order valence-electron chi connectivity index (χ3n) is 4.89. The minimum atomic E-state index is -0.212. The predicted molar refractivity (Wildman–Crippen MR) is 94.3 cm³/mol. The van der Waals surface area contributed by atoms with E-state index in [1.807, 2.05) is 11.0 Å². The maximum atomic E-state index is 12.9. The van der Waals surface area contributed by atoms with Gasteiger partial charge in [-0.3, -0.25) is 4.79 Å². The molecular weight excluding hydrogens is 301 g/mol. The Hall–Kier alpha value is -2.16. The lowest BCUT2D eigenvalue weighted by Gasteiger charge is -2.32. The third kappa shape index (κ3) is 4.44. The number of carbonyl (C=O) groups is 1. The molecule has 0 unspecified atom stereocenters. The van der Waals surface area contributed by atoms with Crippen molar-refractivity contribution in [3.05, 3.63) is 71.5 Å². The molecule has 1 amide bonds. The Morgan fingerprint density at radius 1 is 1.00 bits per heavy atom. The summed E-state index contributed by atoms with van der Waals surface area (Å²) in [5.74, 6) is 0.620. The number of benzene rings is 2. The zero-order valence-corrected chi connectivity index (χ0v) is 14.0. The van der Waals surface area contributed by atoms with Crippen LogP contribution < -0.4 is 0 Å². The van der Waals surface area contributed by atoms with Gasteiger partial charge in [0.15, 0.2) is 0 Å². The monoisotopic (exact) mass is 325 g/mol. The molecule has 2 aromatic rings. The van der Waals surface area contributed by atoms with E-state index in [9.17, 15) is 9.18 Å². The lowest BCUT2D eigenvalue weighted by Crippen LogP contribution is -2.37. The van der Waals surface area contributed by atoms with Crippen LogP contribution in [0.5, 0.6) is 0 Å². The molecule has 1 aliphatic heterocycles. The van der Waals surface area contributed by atoms with Crippen LogP contribution in [0, 0.1) is 5.82 Å². The number of amides is 1. The van der Waals surface area contributed by atoms with E-state index in [-0.39, 0.29) is 11.7 Å². The molecule has 1 heterocycles. The van der Waals surface area contributed by atoms with E-state index in [0.717, 1.165) is 44.3 Å². The first-order valence-corrected chi connectivity index (χ1v) is 8.79. The average Bonchev–Trinajstić information content (AvgIpc) is 2.64. The van der Waals surface area contributed by atoms with Gasteiger partial charge in [0, 0.05) is 19.5 Å². The van der Waals surface area contributed by atoms with Crippen LogP contribution in [-0.4, -0.2) is 23.9 Å². The molecule has 24 heavy (non-hydrogen) atoms. The van der Waals surface area contributed by atoms with Crippen molar-refractivity contribution in [3.63, 3.8) is 0 Å². The third-order valence-corrected chi connectivity index (χ3v) is 4.89. The number of hydrogen-bond donors (Lipinski definition) is 0. The topological polar surface area (TPSA) is 20.3 Å². The Bertz CT molecular complexity index is 645. The maximum absolute atomic E-state index is 12.9. The van der Waals surface area contributed by atoms with Crippen LogP contribution in [0.4, 0.5) is 4.39 Å². The summed E-state index contributed by atoms with van der Waals surface area (Å²) >= 11 is 0. The molecule has 0 atom stereocenters. The Labute approximate surface area is 143 Å². The van der Waals surface area contributed by atoms with Crippen molar-refractivity contribution in [3.8, 4) is 0 Å². The molecule has 2 nitrogen and oxygen atoms in total. The molecule has 1 saturated heterocycles. The van der Waals surface area contributed by atoms with Gasteiger partial charge < -0.3 is 4.90 Å². The van der Waals surface area contributed by atoms with E-state index in [1.165, 1.54) is 17.7 Å². The van der Waals surface area contributed by atoms with Crippen LogP contribution in [0.1, 0.15) is 42.7 Å². The van der Waals surface area contributed by atoms with Crippen molar-refractivity contribution in [2.24, 2.45) is 0 Å².